The lowest BCUT2D eigenvalue weighted by molar-refractivity contribution is -0.0473. The molecule has 1 aromatic rings. The van der Waals surface area contributed by atoms with Gasteiger partial charge in [0.25, 0.3) is 0 Å². The molecule has 0 amide bonds. The van der Waals surface area contributed by atoms with Crippen LogP contribution in [0.15, 0.2) is 83.0 Å². The Kier molecular flexibility index (Phi) is 5.70. The summed E-state index contributed by atoms with van der Waals surface area (Å²) in [6.45, 7) is 7.13. The number of hydrogen-bond donors (Lipinski definition) is 2. The van der Waals surface area contributed by atoms with E-state index in [0.717, 1.165) is 30.7 Å². The molecule has 4 aliphatic rings. The fraction of sp³-hybridized carbons (Fsp3) is 0.429. The van der Waals surface area contributed by atoms with Crippen LogP contribution in [-0.2, 0) is 0 Å². The minimum atomic E-state index is -1.49. The molecule has 0 radical (unpaired) electrons. The van der Waals surface area contributed by atoms with Crippen molar-refractivity contribution in [2.75, 3.05) is 6.54 Å². The van der Waals surface area contributed by atoms with E-state index in [9.17, 15) is 10.2 Å². The van der Waals surface area contributed by atoms with Crippen molar-refractivity contribution in [3.63, 3.8) is 0 Å². The maximum atomic E-state index is 10.2. The van der Waals surface area contributed by atoms with Gasteiger partial charge >= 0.3 is 0 Å². The van der Waals surface area contributed by atoms with E-state index in [1.54, 1.807) is 0 Å². The average Bonchev–Trinajstić information content (AvgIpc) is 3.60. The summed E-state index contributed by atoms with van der Waals surface area (Å²) < 4.78 is 6.83. The van der Waals surface area contributed by atoms with Gasteiger partial charge in [0.15, 0.2) is 12.5 Å². The second-order valence-electron chi connectivity index (χ2n) is 9.53. The number of aliphatic hydroxyl groups is 2. The van der Waals surface area contributed by atoms with Crippen molar-refractivity contribution in [3.8, 4) is 5.75 Å². The van der Waals surface area contributed by atoms with Gasteiger partial charge in [0, 0.05) is 30.0 Å². The summed E-state index contributed by atoms with van der Waals surface area (Å²) in [7, 11) is 0. The van der Waals surface area contributed by atoms with Gasteiger partial charge in [-0.05, 0) is 43.9 Å². The Morgan fingerprint density at radius 3 is 2.66 bits per heavy atom. The van der Waals surface area contributed by atoms with Crippen molar-refractivity contribution in [1.82, 2.24) is 4.90 Å². The average molecular weight is 432 g/mol. The molecule has 2 aliphatic heterocycles. The van der Waals surface area contributed by atoms with Crippen molar-refractivity contribution >= 4 is 0 Å². The Labute approximate surface area is 190 Å². The number of nitrogens with zero attached hydrogens (tertiary/aromatic N) is 1. The Morgan fingerprint density at radius 1 is 1.12 bits per heavy atom. The molecule has 0 aromatic heterocycles. The molecule has 2 aliphatic carbocycles. The second kappa shape index (κ2) is 8.51. The van der Waals surface area contributed by atoms with Gasteiger partial charge in [-0.15, -0.1) is 0 Å². The van der Waals surface area contributed by atoms with Crippen LogP contribution in [0.1, 0.15) is 45.1 Å². The molecule has 4 nitrogen and oxygen atoms in total. The lowest BCUT2D eigenvalue weighted by atomic mass is 9.76. The first-order valence-electron chi connectivity index (χ1n) is 11.8. The van der Waals surface area contributed by atoms with Crippen LogP contribution in [0, 0.1) is 11.8 Å². The lowest BCUT2D eigenvalue weighted by Crippen LogP contribution is -2.54. The number of para-hydroxylation sites is 1. The zero-order valence-corrected chi connectivity index (χ0v) is 19.1. The van der Waals surface area contributed by atoms with Gasteiger partial charge in [-0.1, -0.05) is 72.7 Å². The molecule has 4 unspecified atom stereocenters. The number of allylic oxidation sites excluding steroid dienone is 6. The summed E-state index contributed by atoms with van der Waals surface area (Å²) in [4.78, 5) is 2.28. The van der Waals surface area contributed by atoms with Crippen LogP contribution in [0.3, 0.4) is 0 Å². The first-order valence-corrected chi connectivity index (χ1v) is 11.8. The SMILES string of the molecule is CC1=C(/C=C\C2C=C2)CCC2=CCN3C(C)/C(C(O)O)=C\C(C)c4ccccc4OC3C21. The predicted octanol–water partition coefficient (Wildman–Crippen LogP) is 4.84. The smallest absolute Gasteiger partial charge is 0.175 e. The van der Waals surface area contributed by atoms with Gasteiger partial charge in [0.1, 0.15) is 5.75 Å². The van der Waals surface area contributed by atoms with E-state index in [1.165, 1.54) is 16.7 Å². The highest BCUT2D eigenvalue weighted by molar-refractivity contribution is 5.43. The summed E-state index contributed by atoms with van der Waals surface area (Å²) in [6, 6.07) is 8.01. The Hall–Kier alpha value is -2.40. The van der Waals surface area contributed by atoms with Crippen LogP contribution in [0.2, 0.25) is 0 Å². The van der Waals surface area contributed by atoms with Gasteiger partial charge < -0.3 is 14.9 Å². The van der Waals surface area contributed by atoms with Crippen LogP contribution in [-0.4, -0.2) is 40.2 Å². The number of fused-ring (bicyclic) bond motifs is 4. The summed E-state index contributed by atoms with van der Waals surface area (Å²) in [5.41, 5.74) is 5.92. The van der Waals surface area contributed by atoms with Crippen molar-refractivity contribution in [3.05, 3.63) is 88.6 Å². The van der Waals surface area contributed by atoms with Gasteiger partial charge in [0.05, 0.1) is 5.92 Å². The van der Waals surface area contributed by atoms with Crippen molar-refractivity contribution in [1.29, 1.82) is 0 Å². The number of hydrogen-bond acceptors (Lipinski definition) is 4. The molecule has 168 valence electrons. The van der Waals surface area contributed by atoms with Gasteiger partial charge in [-0.2, -0.15) is 0 Å². The summed E-state index contributed by atoms with van der Waals surface area (Å²) in [5.74, 6) is 1.58. The van der Waals surface area contributed by atoms with Crippen LogP contribution < -0.4 is 4.74 Å². The Bertz CT molecular complexity index is 1040. The van der Waals surface area contributed by atoms with E-state index in [-0.39, 0.29) is 24.1 Å². The van der Waals surface area contributed by atoms with Crippen LogP contribution in [0.25, 0.3) is 0 Å². The molecule has 0 saturated carbocycles. The standard InChI is InChI=1S/C28H33NO3/c1-17-16-24(28(30)31)19(3)29-15-14-22-13-12-21(11-10-20-8-9-20)18(2)26(22)27(29)32-25-7-5-4-6-23(17)25/h4-11,14,16-17,19-20,26-28,30-31H,12-13,15H2,1-3H3/b11-10-,24-16+. The van der Waals surface area contributed by atoms with E-state index >= 15 is 0 Å². The zero-order chi connectivity index (χ0) is 22.4. The predicted molar refractivity (Wildman–Crippen MR) is 127 cm³/mol. The van der Waals surface area contributed by atoms with E-state index in [2.05, 4.69) is 62.1 Å². The first kappa shape index (κ1) is 21.4. The van der Waals surface area contributed by atoms with Gasteiger partial charge in [0.2, 0.25) is 0 Å². The second-order valence-corrected chi connectivity index (χ2v) is 9.53. The monoisotopic (exact) mass is 431 g/mol. The third-order valence-electron chi connectivity index (χ3n) is 7.54. The zero-order valence-electron chi connectivity index (χ0n) is 19.1. The highest BCUT2D eigenvalue weighted by Gasteiger charge is 2.42. The third-order valence-corrected chi connectivity index (χ3v) is 7.54. The number of benzene rings is 1. The topological polar surface area (TPSA) is 52.9 Å². The Morgan fingerprint density at radius 2 is 1.91 bits per heavy atom. The molecule has 0 bridgehead atoms. The highest BCUT2D eigenvalue weighted by atomic mass is 16.5. The fourth-order valence-corrected chi connectivity index (χ4v) is 5.51. The Balaban J connectivity index is 1.60. The van der Waals surface area contributed by atoms with Crippen molar-refractivity contribution in [2.24, 2.45) is 11.8 Å². The van der Waals surface area contributed by atoms with E-state index < -0.39 is 6.29 Å². The maximum absolute atomic E-state index is 10.2. The number of aliphatic hydroxyl groups excluding tert-OH is 1. The molecule has 4 atom stereocenters. The number of rotatable bonds is 3. The minimum Gasteiger partial charge on any atom is -0.474 e. The largest absolute Gasteiger partial charge is 0.474 e. The molecule has 32 heavy (non-hydrogen) atoms. The van der Waals surface area contributed by atoms with E-state index in [0.29, 0.717) is 11.5 Å². The van der Waals surface area contributed by atoms with Crippen molar-refractivity contribution < 1.29 is 14.9 Å². The quantitative estimate of drug-likeness (QED) is 0.531. The molecule has 0 spiro atoms. The fourth-order valence-electron chi connectivity index (χ4n) is 5.51. The molecule has 0 saturated heterocycles. The first-order chi connectivity index (χ1) is 15.4. The molecular weight excluding hydrogens is 398 g/mol. The lowest BCUT2D eigenvalue weighted by Gasteiger charge is -2.46. The van der Waals surface area contributed by atoms with E-state index in [1.807, 2.05) is 24.3 Å². The van der Waals surface area contributed by atoms with Crippen LogP contribution >= 0.6 is 0 Å². The molecular formula is C28H33NO3. The summed E-state index contributed by atoms with van der Waals surface area (Å²) >= 11 is 0. The van der Waals surface area contributed by atoms with E-state index in [4.69, 9.17) is 4.74 Å². The molecule has 1 aromatic carbocycles. The highest BCUT2D eigenvalue weighted by Crippen LogP contribution is 2.44. The normalized spacial score (nSPS) is 32.2. The summed E-state index contributed by atoms with van der Waals surface area (Å²) in [6.07, 6.45) is 13.8. The van der Waals surface area contributed by atoms with Gasteiger partial charge in [-0.3, -0.25) is 4.90 Å². The van der Waals surface area contributed by atoms with Crippen molar-refractivity contribution in [2.45, 2.75) is 58.1 Å². The molecule has 0 fully saturated rings. The van der Waals surface area contributed by atoms with Crippen LogP contribution in [0.5, 0.6) is 5.75 Å². The summed E-state index contributed by atoms with van der Waals surface area (Å²) in [5, 5.41) is 20.5. The maximum Gasteiger partial charge on any atom is 0.175 e. The minimum absolute atomic E-state index is 0.0202. The molecule has 2 N–H and O–H groups in total. The molecule has 2 heterocycles. The molecule has 4 heteroatoms. The van der Waals surface area contributed by atoms with Crippen LogP contribution in [0.4, 0.5) is 0 Å². The van der Waals surface area contributed by atoms with Gasteiger partial charge in [-0.25, -0.2) is 0 Å². The third kappa shape index (κ3) is 3.92. The number of ether oxygens (including phenoxy) is 1. The molecule has 5 rings (SSSR count).